The average Bonchev–Trinajstić information content (AvgIpc) is 2.35. The molecule has 6 heteroatoms. The number of carboxylic acid groups (broad SMARTS) is 1. The summed E-state index contributed by atoms with van der Waals surface area (Å²) >= 11 is 0. The van der Waals surface area contributed by atoms with Gasteiger partial charge in [-0.05, 0) is 19.1 Å². The number of carbonyl (C=O) groups excluding carboxylic acids is 1. The molecule has 5 nitrogen and oxygen atoms in total. The van der Waals surface area contributed by atoms with Gasteiger partial charge >= 0.3 is 5.97 Å². The van der Waals surface area contributed by atoms with Crippen molar-refractivity contribution in [3.8, 4) is 18.1 Å². The minimum absolute atomic E-state index is 0.0292. The van der Waals surface area contributed by atoms with Gasteiger partial charge in [-0.1, -0.05) is 5.92 Å². The van der Waals surface area contributed by atoms with Crippen molar-refractivity contribution in [2.45, 2.75) is 13.0 Å². The van der Waals surface area contributed by atoms with Crippen molar-refractivity contribution >= 4 is 11.9 Å². The van der Waals surface area contributed by atoms with E-state index < -0.39 is 23.8 Å². The predicted molar refractivity (Wildman–Crippen MR) is 65.3 cm³/mol. The van der Waals surface area contributed by atoms with Crippen molar-refractivity contribution in [2.75, 3.05) is 6.54 Å². The Kier molecular flexibility index (Phi) is 4.89. The van der Waals surface area contributed by atoms with E-state index >= 15 is 0 Å². The van der Waals surface area contributed by atoms with Crippen molar-refractivity contribution in [3.63, 3.8) is 0 Å². The molecule has 0 aliphatic heterocycles. The SMILES string of the molecule is C#CCNC(=O)C(C)Oc1cc(F)ccc1C(=O)O. The molecule has 0 aromatic heterocycles. The van der Waals surface area contributed by atoms with Crippen molar-refractivity contribution in [1.29, 1.82) is 0 Å². The number of hydrogen-bond acceptors (Lipinski definition) is 3. The summed E-state index contributed by atoms with van der Waals surface area (Å²) in [6.07, 6.45) is 3.99. The lowest BCUT2D eigenvalue weighted by molar-refractivity contribution is -0.127. The fourth-order valence-electron chi connectivity index (χ4n) is 1.30. The fourth-order valence-corrected chi connectivity index (χ4v) is 1.30. The van der Waals surface area contributed by atoms with Crippen LogP contribution in [0.2, 0.25) is 0 Å². The Labute approximate surface area is 109 Å². The van der Waals surface area contributed by atoms with Gasteiger partial charge in [-0.25, -0.2) is 9.18 Å². The Morgan fingerprint density at radius 2 is 2.26 bits per heavy atom. The molecule has 100 valence electrons. The van der Waals surface area contributed by atoms with Gasteiger partial charge in [0.15, 0.2) is 6.10 Å². The van der Waals surface area contributed by atoms with Crippen molar-refractivity contribution in [2.24, 2.45) is 0 Å². The number of halogens is 1. The normalized spacial score (nSPS) is 11.2. The molecule has 1 aromatic rings. The maximum Gasteiger partial charge on any atom is 0.339 e. The van der Waals surface area contributed by atoms with E-state index in [1.807, 2.05) is 0 Å². The minimum Gasteiger partial charge on any atom is -0.480 e. The number of carboxylic acids is 1. The van der Waals surface area contributed by atoms with Gasteiger partial charge in [0.1, 0.15) is 17.1 Å². The van der Waals surface area contributed by atoms with Crippen LogP contribution in [0.25, 0.3) is 0 Å². The number of hydrogen-bond donors (Lipinski definition) is 2. The van der Waals surface area contributed by atoms with E-state index in [0.29, 0.717) is 0 Å². The maximum absolute atomic E-state index is 13.1. The third-order valence-corrected chi connectivity index (χ3v) is 2.21. The van der Waals surface area contributed by atoms with E-state index in [1.54, 1.807) is 0 Å². The monoisotopic (exact) mass is 265 g/mol. The summed E-state index contributed by atoms with van der Waals surface area (Å²) in [5.41, 5.74) is -0.224. The van der Waals surface area contributed by atoms with Crippen LogP contribution >= 0.6 is 0 Å². The molecule has 0 heterocycles. The topological polar surface area (TPSA) is 75.6 Å². The van der Waals surface area contributed by atoms with Crippen LogP contribution in [0.3, 0.4) is 0 Å². The Bertz CT molecular complexity index is 536. The molecule has 19 heavy (non-hydrogen) atoms. The molecular formula is C13H12FNO4. The van der Waals surface area contributed by atoms with Crippen molar-refractivity contribution in [1.82, 2.24) is 5.32 Å². The fraction of sp³-hybridized carbons (Fsp3) is 0.231. The quantitative estimate of drug-likeness (QED) is 0.780. The molecule has 0 spiro atoms. The van der Waals surface area contributed by atoms with Gasteiger partial charge < -0.3 is 15.2 Å². The molecule has 1 rings (SSSR count). The van der Waals surface area contributed by atoms with Crippen LogP contribution < -0.4 is 10.1 Å². The van der Waals surface area contributed by atoms with Crippen LogP contribution in [-0.2, 0) is 4.79 Å². The van der Waals surface area contributed by atoms with E-state index in [4.69, 9.17) is 16.3 Å². The van der Waals surface area contributed by atoms with Gasteiger partial charge in [-0.2, -0.15) is 0 Å². The number of nitrogens with one attached hydrogen (secondary N) is 1. The second-order valence-corrected chi connectivity index (χ2v) is 3.63. The summed E-state index contributed by atoms with van der Waals surface area (Å²) in [5.74, 6) is -0.441. The molecule has 0 saturated heterocycles. The highest BCUT2D eigenvalue weighted by Gasteiger charge is 2.18. The molecule has 1 atom stereocenters. The lowest BCUT2D eigenvalue weighted by Gasteiger charge is -2.15. The lowest BCUT2D eigenvalue weighted by Crippen LogP contribution is -2.36. The van der Waals surface area contributed by atoms with E-state index in [-0.39, 0.29) is 17.9 Å². The van der Waals surface area contributed by atoms with Gasteiger partial charge in [0.2, 0.25) is 0 Å². The number of terminal acetylenes is 1. The molecule has 2 N–H and O–H groups in total. The second-order valence-electron chi connectivity index (χ2n) is 3.63. The Balaban J connectivity index is 2.87. The molecule has 1 unspecified atom stereocenters. The summed E-state index contributed by atoms with van der Waals surface area (Å²) in [6, 6.07) is 2.98. The van der Waals surface area contributed by atoms with Crippen LogP contribution in [0.4, 0.5) is 4.39 Å². The zero-order valence-corrected chi connectivity index (χ0v) is 10.1. The highest BCUT2D eigenvalue weighted by atomic mass is 19.1. The van der Waals surface area contributed by atoms with E-state index in [1.165, 1.54) is 6.92 Å². The minimum atomic E-state index is -1.27. The van der Waals surface area contributed by atoms with Crippen molar-refractivity contribution in [3.05, 3.63) is 29.6 Å². The van der Waals surface area contributed by atoms with Crippen molar-refractivity contribution < 1.29 is 23.8 Å². The number of ether oxygens (including phenoxy) is 1. The number of amides is 1. The van der Waals surface area contributed by atoms with Gasteiger partial charge in [0, 0.05) is 6.07 Å². The molecule has 0 aliphatic rings. The number of rotatable bonds is 5. The summed E-state index contributed by atoms with van der Waals surface area (Å²) < 4.78 is 18.2. The number of aromatic carboxylic acids is 1. The number of carbonyl (C=O) groups is 2. The average molecular weight is 265 g/mol. The molecule has 1 aromatic carbocycles. The van der Waals surface area contributed by atoms with Gasteiger partial charge in [0.05, 0.1) is 6.54 Å². The van der Waals surface area contributed by atoms with E-state index in [0.717, 1.165) is 18.2 Å². The maximum atomic E-state index is 13.1. The van der Waals surface area contributed by atoms with Crippen LogP contribution in [-0.4, -0.2) is 29.6 Å². The molecule has 1 amide bonds. The molecule has 0 radical (unpaired) electrons. The summed E-state index contributed by atoms with van der Waals surface area (Å²) in [4.78, 5) is 22.4. The molecule has 0 aliphatic carbocycles. The molecule has 0 bridgehead atoms. The highest BCUT2D eigenvalue weighted by Crippen LogP contribution is 2.21. The third kappa shape index (κ3) is 4.00. The molecule has 0 saturated carbocycles. The van der Waals surface area contributed by atoms with E-state index in [2.05, 4.69) is 11.2 Å². The van der Waals surface area contributed by atoms with Gasteiger partial charge in [0.25, 0.3) is 5.91 Å². The first-order chi connectivity index (χ1) is 8.95. The first-order valence-electron chi connectivity index (χ1n) is 5.36. The largest absolute Gasteiger partial charge is 0.480 e. The Morgan fingerprint density at radius 1 is 1.58 bits per heavy atom. The van der Waals surface area contributed by atoms with Crippen LogP contribution in [0.15, 0.2) is 18.2 Å². The lowest BCUT2D eigenvalue weighted by atomic mass is 10.2. The zero-order valence-electron chi connectivity index (χ0n) is 10.1. The first kappa shape index (κ1) is 14.5. The van der Waals surface area contributed by atoms with Crippen LogP contribution in [0.5, 0.6) is 5.75 Å². The summed E-state index contributed by atoms with van der Waals surface area (Å²) in [5, 5.41) is 11.3. The number of benzene rings is 1. The van der Waals surface area contributed by atoms with Crippen LogP contribution in [0.1, 0.15) is 17.3 Å². The first-order valence-corrected chi connectivity index (χ1v) is 5.36. The smallest absolute Gasteiger partial charge is 0.339 e. The van der Waals surface area contributed by atoms with Gasteiger partial charge in [-0.3, -0.25) is 4.79 Å². The summed E-state index contributed by atoms with van der Waals surface area (Å²) in [6.45, 7) is 1.43. The predicted octanol–water partition coefficient (Wildman–Crippen LogP) is 1.04. The molecule has 0 fully saturated rings. The second kappa shape index (κ2) is 6.40. The standard InChI is InChI=1S/C13H12FNO4/c1-3-6-15-12(16)8(2)19-11-7-9(14)4-5-10(11)13(17)18/h1,4-5,7-8H,6H2,2H3,(H,15,16)(H,17,18). The Morgan fingerprint density at radius 3 is 2.84 bits per heavy atom. The highest BCUT2D eigenvalue weighted by molar-refractivity contribution is 5.91. The molecular weight excluding hydrogens is 253 g/mol. The summed E-state index contributed by atoms with van der Waals surface area (Å²) in [7, 11) is 0. The Hall–Kier alpha value is -2.55. The van der Waals surface area contributed by atoms with Gasteiger partial charge in [-0.15, -0.1) is 6.42 Å². The third-order valence-electron chi connectivity index (χ3n) is 2.21. The zero-order chi connectivity index (χ0) is 14.4. The van der Waals surface area contributed by atoms with E-state index in [9.17, 15) is 14.0 Å². The van der Waals surface area contributed by atoms with Crippen LogP contribution in [0, 0.1) is 18.2 Å².